The van der Waals surface area contributed by atoms with E-state index in [1.54, 1.807) is 0 Å². The van der Waals surface area contributed by atoms with E-state index in [1.807, 2.05) is 61.5 Å². The number of anilines is 1. The molecule has 0 atom stereocenters. The van der Waals surface area contributed by atoms with Gasteiger partial charge < -0.3 is 5.32 Å². The molecular formula is C23H23N3OS. The molecular weight excluding hydrogens is 366 g/mol. The van der Waals surface area contributed by atoms with Crippen LogP contribution in [-0.2, 0) is 17.6 Å². The molecule has 1 amide bonds. The van der Waals surface area contributed by atoms with Crippen molar-refractivity contribution in [1.29, 1.82) is 0 Å². The summed E-state index contributed by atoms with van der Waals surface area (Å²) in [6.07, 6.45) is 4.30. The summed E-state index contributed by atoms with van der Waals surface area (Å²) in [5.74, 6) is 1.08. The summed E-state index contributed by atoms with van der Waals surface area (Å²) in [6, 6.07) is 17.9. The fourth-order valence-electron chi connectivity index (χ4n) is 3.45. The lowest BCUT2D eigenvalue weighted by Crippen LogP contribution is -2.15. The van der Waals surface area contributed by atoms with Crippen LogP contribution in [-0.4, -0.2) is 21.6 Å². The number of benzene rings is 2. The average molecular weight is 390 g/mol. The molecule has 1 aromatic heterocycles. The van der Waals surface area contributed by atoms with Crippen LogP contribution in [0.3, 0.4) is 0 Å². The lowest BCUT2D eigenvalue weighted by Gasteiger charge is -2.19. The van der Waals surface area contributed by atoms with Crippen molar-refractivity contribution in [3.63, 3.8) is 0 Å². The zero-order valence-electron chi connectivity index (χ0n) is 15.9. The van der Waals surface area contributed by atoms with Crippen LogP contribution in [0.25, 0.3) is 11.4 Å². The monoisotopic (exact) mass is 389 g/mol. The third-order valence-corrected chi connectivity index (χ3v) is 5.84. The summed E-state index contributed by atoms with van der Waals surface area (Å²) in [5, 5.41) is 3.92. The lowest BCUT2D eigenvalue weighted by molar-refractivity contribution is -0.113. The molecule has 1 heterocycles. The number of carbonyl (C=O) groups excluding carboxylic acids is 1. The highest BCUT2D eigenvalue weighted by Crippen LogP contribution is 2.31. The maximum atomic E-state index is 12.4. The summed E-state index contributed by atoms with van der Waals surface area (Å²) in [5.41, 5.74) is 5.34. The first-order chi connectivity index (χ1) is 13.7. The molecule has 4 rings (SSSR count). The Morgan fingerprint density at radius 1 is 1.04 bits per heavy atom. The van der Waals surface area contributed by atoms with Crippen molar-refractivity contribution >= 4 is 23.4 Å². The van der Waals surface area contributed by atoms with E-state index in [2.05, 4.69) is 5.32 Å². The maximum Gasteiger partial charge on any atom is 0.234 e. The minimum absolute atomic E-state index is 0.0139. The molecule has 0 bridgehead atoms. The molecule has 142 valence electrons. The summed E-state index contributed by atoms with van der Waals surface area (Å²) in [4.78, 5) is 22.1. The van der Waals surface area contributed by atoms with Gasteiger partial charge >= 0.3 is 0 Å². The van der Waals surface area contributed by atoms with Gasteiger partial charge in [0.2, 0.25) is 5.91 Å². The third kappa shape index (κ3) is 4.42. The van der Waals surface area contributed by atoms with Crippen LogP contribution in [0, 0.1) is 6.92 Å². The number of aromatic nitrogens is 2. The van der Waals surface area contributed by atoms with E-state index in [1.165, 1.54) is 17.3 Å². The van der Waals surface area contributed by atoms with E-state index in [4.69, 9.17) is 9.97 Å². The second kappa shape index (κ2) is 8.57. The maximum absolute atomic E-state index is 12.4. The Morgan fingerprint density at radius 3 is 2.68 bits per heavy atom. The minimum Gasteiger partial charge on any atom is -0.325 e. The molecule has 0 saturated heterocycles. The highest BCUT2D eigenvalue weighted by atomic mass is 32.2. The third-order valence-electron chi connectivity index (χ3n) is 4.82. The predicted octanol–water partition coefficient (Wildman–Crippen LogP) is 5.06. The lowest BCUT2D eigenvalue weighted by atomic mass is 9.97. The van der Waals surface area contributed by atoms with Gasteiger partial charge in [0.1, 0.15) is 5.03 Å². The van der Waals surface area contributed by atoms with Crippen molar-refractivity contribution in [3.05, 3.63) is 71.4 Å². The van der Waals surface area contributed by atoms with Crippen molar-refractivity contribution in [3.8, 4) is 11.4 Å². The van der Waals surface area contributed by atoms with Gasteiger partial charge in [-0.05, 0) is 50.3 Å². The second-order valence-electron chi connectivity index (χ2n) is 7.06. The first kappa shape index (κ1) is 18.7. The summed E-state index contributed by atoms with van der Waals surface area (Å²) in [7, 11) is 0. The quantitative estimate of drug-likeness (QED) is 0.489. The Labute approximate surface area is 169 Å². The second-order valence-corrected chi connectivity index (χ2v) is 8.02. The van der Waals surface area contributed by atoms with Crippen molar-refractivity contribution in [2.75, 3.05) is 11.1 Å². The number of thioether (sulfide) groups is 1. The van der Waals surface area contributed by atoms with Gasteiger partial charge in [0, 0.05) is 22.5 Å². The highest BCUT2D eigenvalue weighted by Gasteiger charge is 2.19. The van der Waals surface area contributed by atoms with Gasteiger partial charge in [0.25, 0.3) is 0 Å². The summed E-state index contributed by atoms with van der Waals surface area (Å²) < 4.78 is 0. The average Bonchev–Trinajstić information content (AvgIpc) is 2.72. The largest absolute Gasteiger partial charge is 0.325 e. The van der Waals surface area contributed by atoms with Crippen LogP contribution in [0.1, 0.15) is 29.7 Å². The van der Waals surface area contributed by atoms with Gasteiger partial charge in [-0.3, -0.25) is 4.79 Å². The standard InChI is InChI=1S/C23H23N3OS/c1-16-8-7-11-18(14-16)24-21(27)15-28-23-19-12-5-6-13-20(19)25-22(26-23)17-9-3-2-4-10-17/h2-4,7-11,14H,5-6,12-13,15H2,1H3,(H,24,27). The number of hydrogen-bond acceptors (Lipinski definition) is 4. The predicted molar refractivity (Wildman–Crippen MR) is 115 cm³/mol. The molecule has 1 aliphatic rings. The van der Waals surface area contributed by atoms with Crippen LogP contribution in [0.2, 0.25) is 0 Å². The molecule has 1 aliphatic carbocycles. The fraction of sp³-hybridized carbons (Fsp3) is 0.261. The molecule has 28 heavy (non-hydrogen) atoms. The van der Waals surface area contributed by atoms with Crippen LogP contribution in [0.15, 0.2) is 59.6 Å². The molecule has 2 aromatic carbocycles. The number of aryl methyl sites for hydroxylation is 2. The van der Waals surface area contributed by atoms with E-state index < -0.39 is 0 Å². The number of nitrogens with zero attached hydrogens (tertiary/aromatic N) is 2. The molecule has 0 unspecified atom stereocenters. The summed E-state index contributed by atoms with van der Waals surface area (Å²) >= 11 is 1.51. The number of hydrogen-bond donors (Lipinski definition) is 1. The van der Waals surface area contributed by atoms with Gasteiger partial charge in [-0.25, -0.2) is 9.97 Å². The van der Waals surface area contributed by atoms with Crippen molar-refractivity contribution in [2.24, 2.45) is 0 Å². The SMILES string of the molecule is Cc1cccc(NC(=O)CSc2nc(-c3ccccc3)nc3c2CCCC3)c1. The first-order valence-electron chi connectivity index (χ1n) is 9.63. The van der Waals surface area contributed by atoms with E-state index in [0.717, 1.165) is 59.0 Å². The van der Waals surface area contributed by atoms with Gasteiger partial charge in [0.15, 0.2) is 5.82 Å². The molecule has 0 aliphatic heterocycles. The number of amides is 1. The Morgan fingerprint density at radius 2 is 1.86 bits per heavy atom. The molecule has 5 heteroatoms. The zero-order chi connectivity index (χ0) is 19.3. The van der Waals surface area contributed by atoms with Gasteiger partial charge in [-0.2, -0.15) is 0 Å². The Kier molecular flexibility index (Phi) is 5.72. The Hall–Kier alpha value is -2.66. The number of carbonyl (C=O) groups is 1. The summed E-state index contributed by atoms with van der Waals surface area (Å²) in [6.45, 7) is 2.02. The Balaban J connectivity index is 1.54. The van der Waals surface area contributed by atoms with Gasteiger partial charge in [-0.15, -0.1) is 0 Å². The van der Waals surface area contributed by atoms with E-state index in [0.29, 0.717) is 5.75 Å². The van der Waals surface area contributed by atoms with E-state index in [9.17, 15) is 4.79 Å². The molecule has 0 radical (unpaired) electrons. The van der Waals surface area contributed by atoms with Crippen LogP contribution < -0.4 is 5.32 Å². The van der Waals surface area contributed by atoms with Crippen molar-refractivity contribution in [2.45, 2.75) is 37.6 Å². The molecule has 0 saturated carbocycles. The highest BCUT2D eigenvalue weighted by molar-refractivity contribution is 8.00. The topological polar surface area (TPSA) is 54.9 Å². The molecule has 4 nitrogen and oxygen atoms in total. The van der Waals surface area contributed by atoms with Gasteiger partial charge in [-0.1, -0.05) is 54.2 Å². The van der Waals surface area contributed by atoms with E-state index >= 15 is 0 Å². The fourth-order valence-corrected chi connectivity index (χ4v) is 4.33. The van der Waals surface area contributed by atoms with E-state index in [-0.39, 0.29) is 5.91 Å². The number of nitrogens with one attached hydrogen (secondary N) is 1. The van der Waals surface area contributed by atoms with Crippen LogP contribution in [0.4, 0.5) is 5.69 Å². The normalized spacial score (nSPS) is 13.0. The number of fused-ring (bicyclic) bond motifs is 1. The van der Waals surface area contributed by atoms with Crippen molar-refractivity contribution < 1.29 is 4.79 Å². The smallest absolute Gasteiger partial charge is 0.234 e. The van der Waals surface area contributed by atoms with Crippen LogP contribution >= 0.6 is 11.8 Å². The molecule has 0 spiro atoms. The van der Waals surface area contributed by atoms with Crippen LogP contribution in [0.5, 0.6) is 0 Å². The zero-order valence-corrected chi connectivity index (χ0v) is 16.8. The first-order valence-corrected chi connectivity index (χ1v) is 10.6. The molecule has 3 aromatic rings. The minimum atomic E-state index is -0.0139. The Bertz CT molecular complexity index is 988. The van der Waals surface area contributed by atoms with Gasteiger partial charge in [0.05, 0.1) is 5.75 Å². The van der Waals surface area contributed by atoms with Crippen molar-refractivity contribution in [1.82, 2.24) is 9.97 Å². The molecule has 1 N–H and O–H groups in total. The molecule has 0 fully saturated rings. The number of rotatable bonds is 5.